The van der Waals surface area contributed by atoms with E-state index >= 15 is 0 Å². The minimum Gasteiger partial charge on any atom is -0.369 e. The van der Waals surface area contributed by atoms with E-state index in [9.17, 15) is 4.39 Å². The molecule has 4 N–H and O–H groups in total. The molecule has 104 valence electrons. The van der Waals surface area contributed by atoms with Crippen LogP contribution in [0, 0.1) is 5.82 Å². The topological polar surface area (TPSA) is 50.3 Å². The van der Waals surface area contributed by atoms with Gasteiger partial charge in [0.2, 0.25) is 0 Å². The molecule has 0 aliphatic carbocycles. The molecule has 1 saturated heterocycles. The van der Waals surface area contributed by atoms with Crippen molar-refractivity contribution in [2.75, 3.05) is 31.1 Å². The van der Waals surface area contributed by atoms with Gasteiger partial charge in [0, 0.05) is 52.9 Å². The second-order valence-corrected chi connectivity index (χ2v) is 3.21. The number of rotatable bonds is 1. The Balaban J connectivity index is -0.000000490. The van der Waals surface area contributed by atoms with Crippen LogP contribution in [0.5, 0.6) is 0 Å². The molecular weight excluding hydrogens is 447 g/mol. The van der Waals surface area contributed by atoms with Crippen molar-refractivity contribution < 1.29 is 25.5 Å². The van der Waals surface area contributed by atoms with Crippen LogP contribution in [0.2, 0.25) is 0 Å². The zero-order valence-electron chi connectivity index (χ0n) is 9.30. The molecule has 0 radical (unpaired) electrons. The molecule has 3 nitrogen and oxygen atoms in total. The van der Waals surface area contributed by atoms with Crippen molar-refractivity contribution in [1.82, 2.24) is 11.5 Å². The first-order valence-electron chi connectivity index (χ1n) is 4.57. The van der Waals surface area contributed by atoms with Crippen LogP contribution in [-0.2, 0) is 21.1 Å². The van der Waals surface area contributed by atoms with E-state index < -0.39 is 0 Å². The maximum atomic E-state index is 12.6. The van der Waals surface area contributed by atoms with E-state index in [1.54, 1.807) is 0 Å². The van der Waals surface area contributed by atoms with Crippen LogP contribution in [-0.4, -0.2) is 26.2 Å². The fourth-order valence-corrected chi connectivity index (χ4v) is 1.57. The van der Waals surface area contributed by atoms with Crippen molar-refractivity contribution in [3.63, 3.8) is 0 Å². The normalized spacial score (nSPS) is 13.4. The number of anilines is 1. The average Bonchev–Trinajstić information content (AvgIpc) is 2.20. The minimum absolute atomic E-state index is 0. The summed E-state index contributed by atoms with van der Waals surface area (Å²) in [5, 5.41) is 3.28. The molecule has 1 fully saturated rings. The molecule has 17 heavy (non-hydrogen) atoms. The summed E-state index contributed by atoms with van der Waals surface area (Å²) in [6.07, 6.45) is 0. The first-order chi connectivity index (χ1) is 6.36. The first kappa shape index (κ1) is 22.3. The number of nitrogens with zero attached hydrogens (tertiary/aromatic N) is 1. The first-order valence-corrected chi connectivity index (χ1v) is 4.57. The van der Waals surface area contributed by atoms with Crippen LogP contribution in [0.4, 0.5) is 10.1 Å². The Morgan fingerprint density at radius 2 is 1.47 bits per heavy atom. The summed E-state index contributed by atoms with van der Waals surface area (Å²) < 4.78 is 12.6. The van der Waals surface area contributed by atoms with E-state index in [4.69, 9.17) is 0 Å². The Morgan fingerprint density at radius 3 is 1.94 bits per heavy atom. The minimum atomic E-state index is -0.168. The van der Waals surface area contributed by atoms with Gasteiger partial charge in [-0.2, -0.15) is 0 Å². The number of nitrogens with one attached hydrogen (secondary N) is 1. The molecule has 1 aromatic rings. The SMILES string of the molecule is Cl.Cl.Fc1ccc(N2CCNCC2)cc1.N.[Pt]. The summed E-state index contributed by atoms with van der Waals surface area (Å²) in [6.45, 7) is 4.03. The number of piperazine rings is 1. The Bertz CT molecular complexity index is 281. The Labute approximate surface area is 128 Å². The zero-order chi connectivity index (χ0) is 9.10. The molecule has 1 heterocycles. The van der Waals surface area contributed by atoms with E-state index in [1.807, 2.05) is 12.1 Å². The second-order valence-electron chi connectivity index (χ2n) is 3.21. The van der Waals surface area contributed by atoms with Gasteiger partial charge in [-0.1, -0.05) is 0 Å². The molecule has 0 aromatic heterocycles. The number of hydrogen-bond acceptors (Lipinski definition) is 3. The molecule has 0 atom stereocenters. The Kier molecular flexibility index (Phi) is 14.8. The van der Waals surface area contributed by atoms with Crippen LogP contribution in [0.1, 0.15) is 0 Å². The van der Waals surface area contributed by atoms with Gasteiger partial charge in [0.05, 0.1) is 0 Å². The molecule has 0 amide bonds. The second kappa shape index (κ2) is 11.2. The van der Waals surface area contributed by atoms with Crippen molar-refractivity contribution in [1.29, 1.82) is 0 Å². The third kappa shape index (κ3) is 6.58. The summed E-state index contributed by atoms with van der Waals surface area (Å²) in [4.78, 5) is 2.26. The van der Waals surface area contributed by atoms with Gasteiger partial charge >= 0.3 is 0 Å². The molecule has 1 aliphatic rings. The van der Waals surface area contributed by atoms with Gasteiger partial charge in [0.15, 0.2) is 0 Å². The predicted octanol–water partition coefficient (Wildman–Crippen LogP) is 2.24. The molecule has 0 unspecified atom stereocenters. The summed E-state index contributed by atoms with van der Waals surface area (Å²) >= 11 is 0. The molecule has 2 rings (SSSR count). The van der Waals surface area contributed by atoms with Gasteiger partial charge < -0.3 is 16.4 Å². The third-order valence-electron chi connectivity index (χ3n) is 2.31. The van der Waals surface area contributed by atoms with Crippen LogP contribution < -0.4 is 16.4 Å². The summed E-state index contributed by atoms with van der Waals surface area (Å²) in [6, 6.07) is 6.69. The zero-order valence-corrected chi connectivity index (χ0v) is 13.2. The van der Waals surface area contributed by atoms with Crippen LogP contribution in [0.25, 0.3) is 0 Å². The van der Waals surface area contributed by atoms with Gasteiger partial charge in [-0.3, -0.25) is 0 Å². The third-order valence-corrected chi connectivity index (χ3v) is 2.31. The summed E-state index contributed by atoms with van der Waals surface area (Å²) in [5.74, 6) is -0.168. The van der Waals surface area contributed by atoms with Crippen molar-refractivity contribution in [3.05, 3.63) is 30.1 Å². The van der Waals surface area contributed by atoms with Crippen LogP contribution in [0.3, 0.4) is 0 Å². The van der Waals surface area contributed by atoms with E-state index in [2.05, 4.69) is 10.2 Å². The van der Waals surface area contributed by atoms with Crippen LogP contribution >= 0.6 is 24.8 Å². The largest absolute Gasteiger partial charge is 0.369 e. The fourth-order valence-electron chi connectivity index (χ4n) is 1.57. The number of halogens is 3. The fraction of sp³-hybridized carbons (Fsp3) is 0.400. The molecule has 0 spiro atoms. The average molecular weight is 465 g/mol. The smallest absolute Gasteiger partial charge is 0.123 e. The monoisotopic (exact) mass is 464 g/mol. The Hall–Kier alpha value is 0.138. The molecule has 0 saturated carbocycles. The van der Waals surface area contributed by atoms with Gasteiger partial charge in [0.1, 0.15) is 5.82 Å². The van der Waals surface area contributed by atoms with E-state index in [-0.39, 0.29) is 57.8 Å². The van der Waals surface area contributed by atoms with Crippen molar-refractivity contribution >= 4 is 30.5 Å². The van der Waals surface area contributed by atoms with Crippen molar-refractivity contribution in [2.24, 2.45) is 0 Å². The van der Waals surface area contributed by atoms with Gasteiger partial charge in [0.25, 0.3) is 0 Å². The molecule has 7 heteroatoms. The van der Waals surface area contributed by atoms with Crippen molar-refractivity contribution in [2.45, 2.75) is 0 Å². The van der Waals surface area contributed by atoms with E-state index in [1.165, 1.54) is 12.1 Å². The molecule has 1 aliphatic heterocycles. The number of hydrogen-bond donors (Lipinski definition) is 2. The van der Waals surface area contributed by atoms with Gasteiger partial charge in [-0.05, 0) is 24.3 Å². The Morgan fingerprint density at radius 1 is 1.00 bits per heavy atom. The van der Waals surface area contributed by atoms with Gasteiger partial charge in [-0.15, -0.1) is 24.8 Å². The summed E-state index contributed by atoms with van der Waals surface area (Å²) in [5.41, 5.74) is 1.11. The van der Waals surface area contributed by atoms with E-state index in [0.29, 0.717) is 0 Å². The quantitative estimate of drug-likeness (QED) is 0.670. The maximum absolute atomic E-state index is 12.6. The van der Waals surface area contributed by atoms with E-state index in [0.717, 1.165) is 31.9 Å². The molecule has 1 aromatic carbocycles. The summed E-state index contributed by atoms with van der Waals surface area (Å²) in [7, 11) is 0. The predicted molar refractivity (Wildman–Crippen MR) is 71.0 cm³/mol. The standard InChI is InChI=1S/C10H13FN2.2ClH.H3N.Pt/c11-9-1-3-10(4-2-9)13-7-5-12-6-8-13;;;;/h1-4,12H,5-8H2;2*1H;1H3;. The molecular formula is C10H18Cl2FN3Pt. The van der Waals surface area contributed by atoms with Crippen molar-refractivity contribution in [3.8, 4) is 0 Å². The van der Waals surface area contributed by atoms with Gasteiger partial charge in [-0.25, -0.2) is 4.39 Å². The molecule has 0 bridgehead atoms. The van der Waals surface area contributed by atoms with Crippen LogP contribution in [0.15, 0.2) is 24.3 Å². The number of benzene rings is 1. The maximum Gasteiger partial charge on any atom is 0.123 e.